The number of aryl methyl sites for hydroxylation is 2. The highest BCUT2D eigenvalue weighted by Gasteiger charge is 2.36. The normalized spacial score (nSPS) is 14.0. The van der Waals surface area contributed by atoms with Crippen LogP contribution in [0, 0.1) is 13.8 Å². The Morgan fingerprint density at radius 3 is 2.51 bits per heavy atom. The molecule has 1 saturated heterocycles. The van der Waals surface area contributed by atoms with Gasteiger partial charge in [-0.3, -0.25) is 19.3 Å². The van der Waals surface area contributed by atoms with E-state index < -0.39 is 17.1 Å². The highest BCUT2D eigenvalue weighted by molar-refractivity contribution is 8.18. The Hall–Kier alpha value is -4.30. The van der Waals surface area contributed by atoms with Gasteiger partial charge in [0.2, 0.25) is 5.91 Å². The van der Waals surface area contributed by atoms with Gasteiger partial charge >= 0.3 is 0 Å². The van der Waals surface area contributed by atoms with Crippen LogP contribution in [-0.4, -0.2) is 35.6 Å². The molecule has 1 aliphatic heterocycles. The van der Waals surface area contributed by atoms with Crippen molar-refractivity contribution in [2.24, 2.45) is 0 Å². The average Bonchev–Trinajstić information content (AvgIpc) is 3.17. The lowest BCUT2D eigenvalue weighted by Crippen LogP contribution is -2.36. The second-order valence-electron chi connectivity index (χ2n) is 9.09. The van der Waals surface area contributed by atoms with Gasteiger partial charge in [-0.1, -0.05) is 42.5 Å². The number of rotatable bonds is 10. The predicted molar refractivity (Wildman–Crippen MR) is 155 cm³/mol. The van der Waals surface area contributed by atoms with E-state index in [1.165, 1.54) is 0 Å². The summed E-state index contributed by atoms with van der Waals surface area (Å²) in [6.45, 7) is 7.77. The van der Waals surface area contributed by atoms with Crippen LogP contribution in [0.3, 0.4) is 0 Å². The van der Waals surface area contributed by atoms with Crippen molar-refractivity contribution in [2.75, 3.05) is 19.0 Å². The smallest absolute Gasteiger partial charge is 0.294 e. The summed E-state index contributed by atoms with van der Waals surface area (Å²) in [6, 6.07) is 19.0. The number of nitrogens with one attached hydrogen (secondary N) is 1. The zero-order chi connectivity index (χ0) is 27.9. The topological polar surface area (TPSA) is 84.9 Å². The molecule has 7 nitrogen and oxygen atoms in total. The predicted octanol–water partition coefficient (Wildman–Crippen LogP) is 6.29. The number of allylic oxidation sites excluding steroid dienone is 1. The monoisotopic (exact) mass is 542 g/mol. The van der Waals surface area contributed by atoms with Gasteiger partial charge in [0.05, 0.1) is 12.0 Å². The molecule has 0 spiro atoms. The lowest BCUT2D eigenvalue weighted by Gasteiger charge is -2.16. The molecule has 3 amide bonds. The molecular formula is C31H30N2O5S. The molecule has 0 unspecified atom stereocenters. The van der Waals surface area contributed by atoms with Crippen LogP contribution in [0.15, 0.2) is 78.2 Å². The van der Waals surface area contributed by atoms with Gasteiger partial charge in [0, 0.05) is 11.3 Å². The highest BCUT2D eigenvalue weighted by Crippen LogP contribution is 2.37. The average molecular weight is 543 g/mol. The van der Waals surface area contributed by atoms with Crippen molar-refractivity contribution in [3.8, 4) is 11.5 Å². The number of hydrogen-bond donors (Lipinski definition) is 1. The number of anilines is 1. The fraction of sp³-hybridized carbons (Fsp3) is 0.194. The molecule has 0 aliphatic carbocycles. The van der Waals surface area contributed by atoms with Crippen LogP contribution in [0.1, 0.15) is 27.8 Å². The molecule has 1 fully saturated rings. The summed E-state index contributed by atoms with van der Waals surface area (Å²) in [5, 5.41) is 2.26. The first-order valence-corrected chi connectivity index (χ1v) is 13.2. The van der Waals surface area contributed by atoms with E-state index in [1.807, 2.05) is 62.4 Å². The third kappa shape index (κ3) is 6.78. The number of thioether (sulfide) groups is 1. The van der Waals surface area contributed by atoms with Crippen molar-refractivity contribution in [3.63, 3.8) is 0 Å². The maximum absolute atomic E-state index is 13.1. The maximum Gasteiger partial charge on any atom is 0.294 e. The standard InChI is InChI=1S/C31H30N2O5S/c1-5-9-24-15-23(16-26(37-4)29(24)38-19-22-10-7-6-8-11-22)17-27-30(35)33(31(36)39-27)18-28(34)32-25-13-12-20(2)21(3)14-25/h5-8,10-17H,1,9,18-19H2,2-4H3,(H,32,34)/b27-17-. The molecule has 0 bridgehead atoms. The van der Waals surface area contributed by atoms with E-state index in [4.69, 9.17) is 9.47 Å². The Morgan fingerprint density at radius 1 is 1.05 bits per heavy atom. The summed E-state index contributed by atoms with van der Waals surface area (Å²) in [5.41, 5.74) is 5.27. The molecule has 8 heteroatoms. The first kappa shape index (κ1) is 27.7. The van der Waals surface area contributed by atoms with Gasteiger partial charge in [-0.05, 0) is 84.6 Å². The van der Waals surface area contributed by atoms with Crippen LogP contribution >= 0.6 is 11.8 Å². The number of amides is 3. The molecule has 200 valence electrons. The van der Waals surface area contributed by atoms with Gasteiger partial charge in [-0.25, -0.2) is 0 Å². The third-order valence-electron chi connectivity index (χ3n) is 6.23. The quantitative estimate of drug-likeness (QED) is 0.239. The van der Waals surface area contributed by atoms with Crippen LogP contribution in [0.4, 0.5) is 10.5 Å². The minimum atomic E-state index is -0.520. The Labute approximate surface area is 232 Å². The van der Waals surface area contributed by atoms with E-state index in [2.05, 4.69) is 11.9 Å². The summed E-state index contributed by atoms with van der Waals surface area (Å²) in [4.78, 5) is 39.5. The van der Waals surface area contributed by atoms with Crippen molar-refractivity contribution >= 4 is 40.6 Å². The number of nitrogens with zero attached hydrogens (tertiary/aromatic N) is 1. The Kier molecular flexibility index (Phi) is 8.88. The van der Waals surface area contributed by atoms with Gasteiger partial charge in [0.25, 0.3) is 11.1 Å². The van der Waals surface area contributed by atoms with Crippen molar-refractivity contribution in [3.05, 3.63) is 106 Å². The van der Waals surface area contributed by atoms with Gasteiger partial charge in [0.1, 0.15) is 13.2 Å². The first-order valence-electron chi connectivity index (χ1n) is 12.4. The Bertz CT molecular complexity index is 1450. The fourth-order valence-corrected chi connectivity index (χ4v) is 4.91. The van der Waals surface area contributed by atoms with Crippen molar-refractivity contribution < 1.29 is 23.9 Å². The molecule has 3 aromatic carbocycles. The van der Waals surface area contributed by atoms with Crippen molar-refractivity contribution in [1.29, 1.82) is 0 Å². The third-order valence-corrected chi connectivity index (χ3v) is 7.14. The maximum atomic E-state index is 13.1. The van der Waals surface area contributed by atoms with Crippen LogP contribution in [0.25, 0.3) is 6.08 Å². The zero-order valence-corrected chi connectivity index (χ0v) is 23.0. The number of benzene rings is 3. The second-order valence-corrected chi connectivity index (χ2v) is 10.1. The molecule has 4 rings (SSSR count). The van der Waals surface area contributed by atoms with Crippen LogP contribution in [0.5, 0.6) is 11.5 Å². The molecule has 39 heavy (non-hydrogen) atoms. The summed E-state index contributed by atoms with van der Waals surface area (Å²) >= 11 is 0.800. The first-order chi connectivity index (χ1) is 18.8. The minimum absolute atomic E-state index is 0.226. The van der Waals surface area contributed by atoms with E-state index in [0.29, 0.717) is 35.8 Å². The van der Waals surface area contributed by atoms with Crippen molar-refractivity contribution in [2.45, 2.75) is 26.9 Å². The van der Waals surface area contributed by atoms with Crippen molar-refractivity contribution in [1.82, 2.24) is 4.90 Å². The Morgan fingerprint density at radius 2 is 1.82 bits per heavy atom. The molecule has 1 heterocycles. The summed E-state index contributed by atoms with van der Waals surface area (Å²) in [5.74, 6) is 0.128. The number of carbonyl (C=O) groups excluding carboxylic acids is 3. The van der Waals surface area contributed by atoms with E-state index in [-0.39, 0.29) is 11.4 Å². The molecular weight excluding hydrogens is 512 g/mol. The van der Waals surface area contributed by atoms with Gasteiger partial charge < -0.3 is 14.8 Å². The minimum Gasteiger partial charge on any atom is -0.493 e. The Balaban J connectivity index is 1.52. The van der Waals surface area contributed by atoms with Gasteiger partial charge in [0.15, 0.2) is 11.5 Å². The molecule has 0 atom stereocenters. The van der Waals surface area contributed by atoms with Crippen LogP contribution < -0.4 is 14.8 Å². The fourth-order valence-electron chi connectivity index (χ4n) is 4.07. The molecule has 0 aromatic heterocycles. The molecule has 3 aromatic rings. The number of ether oxygens (including phenoxy) is 2. The van der Waals surface area contributed by atoms with E-state index in [1.54, 1.807) is 31.4 Å². The molecule has 0 radical (unpaired) electrons. The van der Waals surface area contributed by atoms with E-state index >= 15 is 0 Å². The SMILES string of the molecule is C=CCc1cc(/C=C2\SC(=O)N(CC(=O)Nc3ccc(C)c(C)c3)C2=O)cc(OC)c1OCc1ccccc1. The lowest BCUT2D eigenvalue weighted by atomic mass is 10.0. The number of methoxy groups -OCH3 is 1. The number of hydrogen-bond acceptors (Lipinski definition) is 6. The summed E-state index contributed by atoms with van der Waals surface area (Å²) < 4.78 is 11.7. The number of carbonyl (C=O) groups is 3. The largest absolute Gasteiger partial charge is 0.493 e. The highest BCUT2D eigenvalue weighted by atomic mass is 32.2. The lowest BCUT2D eigenvalue weighted by molar-refractivity contribution is -0.127. The van der Waals surface area contributed by atoms with E-state index in [0.717, 1.165) is 38.9 Å². The second kappa shape index (κ2) is 12.5. The van der Waals surface area contributed by atoms with Crippen LogP contribution in [0.2, 0.25) is 0 Å². The van der Waals surface area contributed by atoms with E-state index in [9.17, 15) is 14.4 Å². The van der Waals surface area contributed by atoms with Crippen LogP contribution in [-0.2, 0) is 22.6 Å². The molecule has 1 N–H and O–H groups in total. The van der Waals surface area contributed by atoms with Gasteiger partial charge in [-0.2, -0.15) is 0 Å². The zero-order valence-electron chi connectivity index (χ0n) is 22.2. The molecule has 1 aliphatic rings. The summed E-state index contributed by atoms with van der Waals surface area (Å²) in [6.07, 6.45) is 3.90. The number of imide groups is 1. The molecule has 0 saturated carbocycles. The van der Waals surface area contributed by atoms with Gasteiger partial charge in [-0.15, -0.1) is 6.58 Å². The summed E-state index contributed by atoms with van der Waals surface area (Å²) in [7, 11) is 1.55.